The Morgan fingerprint density at radius 1 is 0.759 bits per heavy atom. The highest BCUT2D eigenvalue weighted by Crippen LogP contribution is 2.32. The second-order valence-corrected chi connectivity index (χ2v) is 14.5. The molecule has 12 heteroatoms. The maximum atomic E-state index is 13.3. The minimum absolute atomic E-state index is 0.0652. The summed E-state index contributed by atoms with van der Waals surface area (Å²) in [5, 5.41) is 19.7. The second kappa shape index (κ2) is 14.7. The van der Waals surface area contributed by atoms with Crippen LogP contribution in [0.25, 0.3) is 33.9 Å². The van der Waals surface area contributed by atoms with Crippen molar-refractivity contribution >= 4 is 16.1 Å². The van der Waals surface area contributed by atoms with Crippen LogP contribution < -0.4 is 9.32 Å². The van der Waals surface area contributed by atoms with Gasteiger partial charge in [0.05, 0.1) is 18.0 Å². The first-order valence-corrected chi connectivity index (χ1v) is 18.5. The first kappa shape index (κ1) is 35.7. The highest BCUT2D eigenvalue weighted by molar-refractivity contribution is 7.84. The van der Waals surface area contributed by atoms with Gasteiger partial charge in [-0.2, -0.15) is 23.9 Å². The lowest BCUT2D eigenvalue weighted by Gasteiger charge is -2.19. The van der Waals surface area contributed by atoms with Gasteiger partial charge in [0.15, 0.2) is 17.4 Å². The van der Waals surface area contributed by atoms with Gasteiger partial charge in [0.1, 0.15) is 12.1 Å². The van der Waals surface area contributed by atoms with E-state index in [4.69, 9.17) is 9.32 Å². The van der Waals surface area contributed by atoms with Crippen LogP contribution in [0.3, 0.4) is 0 Å². The third kappa shape index (κ3) is 8.03. The smallest absolute Gasteiger partial charge is 0.371 e. The van der Waals surface area contributed by atoms with Crippen LogP contribution in [0, 0.1) is 11.3 Å². The molecule has 0 radical (unpaired) electrons. The molecular weight excluding hydrogens is 699 g/mol. The summed E-state index contributed by atoms with van der Waals surface area (Å²) in [6, 6.07) is 39.8. The maximum Gasteiger partial charge on any atom is 0.380 e. The van der Waals surface area contributed by atoms with Crippen LogP contribution in [0.15, 0.2) is 140 Å². The van der Waals surface area contributed by atoms with E-state index in [1.54, 1.807) is 35.1 Å². The maximum absolute atomic E-state index is 13.3. The number of hydrogen-bond donors (Lipinski definition) is 1. The molecule has 0 spiro atoms. The molecule has 0 saturated heterocycles. The van der Waals surface area contributed by atoms with E-state index in [0.717, 1.165) is 38.9 Å². The Kier molecular flexibility index (Phi) is 9.75. The SMILES string of the molecule is CC(C)(C#N)c1cc(Cn2ncnc2-c2nccn2Cc2cccc(-c3cccc(OS(N)(=O)=O)c3)c2)cc(-c2cccc(C(=O)c3ccccc3)c2)c1. The van der Waals surface area contributed by atoms with Crippen LogP contribution in [0.5, 0.6) is 5.75 Å². The molecule has 0 unspecified atom stereocenters. The van der Waals surface area contributed by atoms with E-state index in [0.29, 0.717) is 35.9 Å². The van der Waals surface area contributed by atoms with Gasteiger partial charge in [0, 0.05) is 30.1 Å². The highest BCUT2D eigenvalue weighted by Gasteiger charge is 2.23. The van der Waals surface area contributed by atoms with Crippen LogP contribution in [-0.4, -0.2) is 38.5 Å². The predicted molar refractivity (Wildman–Crippen MR) is 205 cm³/mol. The molecule has 7 rings (SSSR count). The number of benzene rings is 5. The van der Waals surface area contributed by atoms with E-state index in [-0.39, 0.29) is 11.5 Å². The van der Waals surface area contributed by atoms with E-state index >= 15 is 0 Å². The summed E-state index contributed by atoms with van der Waals surface area (Å²) in [5.74, 6) is 1.23. The third-order valence-electron chi connectivity index (χ3n) is 9.01. The molecule has 0 bridgehead atoms. The third-order valence-corrected chi connectivity index (χ3v) is 9.44. The van der Waals surface area contributed by atoms with Gasteiger partial charge in [-0.3, -0.25) is 4.79 Å². The van der Waals surface area contributed by atoms with Crippen LogP contribution in [0.1, 0.15) is 46.5 Å². The molecule has 0 saturated carbocycles. The van der Waals surface area contributed by atoms with Crippen LogP contribution in [0.4, 0.5) is 0 Å². The molecule has 54 heavy (non-hydrogen) atoms. The monoisotopic (exact) mass is 733 g/mol. The molecule has 2 aromatic heterocycles. The van der Waals surface area contributed by atoms with Gasteiger partial charge in [-0.15, -0.1) is 0 Å². The number of rotatable bonds is 12. The number of carbonyl (C=O) groups excluding carboxylic acids is 1. The Hall–Kier alpha value is -6.68. The number of nitrogens with zero attached hydrogens (tertiary/aromatic N) is 6. The van der Waals surface area contributed by atoms with E-state index in [1.165, 1.54) is 12.4 Å². The van der Waals surface area contributed by atoms with Gasteiger partial charge in [-0.25, -0.2) is 14.6 Å². The van der Waals surface area contributed by atoms with Crippen LogP contribution in [-0.2, 0) is 28.8 Å². The molecule has 268 valence electrons. The molecule has 0 atom stereocenters. The molecular formula is C42H35N7O4S. The number of aromatic nitrogens is 5. The standard InChI is InChI=1S/C42H35N7O4S/c1-42(2,27-43)37-21-30(20-36(23-37)33-13-7-15-35(22-33)39(50)31-10-4-3-5-11-31)26-49-41(46-28-47-49)40-45-17-18-48(40)25-29-9-6-12-32(19-29)34-14-8-16-38(24-34)53-54(44,51)52/h3-24,28H,25-26H2,1-2H3,(H2,44,51,52). The summed E-state index contributed by atoms with van der Waals surface area (Å²) in [6.45, 7) is 4.58. The number of nitriles is 1. The lowest BCUT2D eigenvalue weighted by atomic mass is 9.83. The first-order valence-electron chi connectivity index (χ1n) is 17.0. The Labute approximate surface area is 313 Å². The van der Waals surface area contributed by atoms with Crippen molar-refractivity contribution in [2.75, 3.05) is 0 Å². The van der Waals surface area contributed by atoms with Crippen molar-refractivity contribution < 1.29 is 17.4 Å². The molecule has 0 aliphatic carbocycles. The van der Waals surface area contributed by atoms with E-state index in [9.17, 15) is 18.5 Å². The van der Waals surface area contributed by atoms with Crippen molar-refractivity contribution in [2.45, 2.75) is 32.4 Å². The topological polar surface area (TPSA) is 159 Å². The average Bonchev–Trinajstić information content (AvgIpc) is 3.83. The van der Waals surface area contributed by atoms with Gasteiger partial charge >= 0.3 is 10.3 Å². The average molecular weight is 734 g/mol. The Morgan fingerprint density at radius 2 is 1.44 bits per heavy atom. The van der Waals surface area contributed by atoms with Gasteiger partial charge in [-0.05, 0) is 89.2 Å². The fraction of sp³-hybridized carbons (Fsp3) is 0.119. The number of ketones is 1. The van der Waals surface area contributed by atoms with E-state index in [2.05, 4.69) is 27.2 Å². The molecule has 0 fully saturated rings. The van der Waals surface area contributed by atoms with Crippen molar-refractivity contribution in [2.24, 2.45) is 5.14 Å². The van der Waals surface area contributed by atoms with Crippen molar-refractivity contribution in [1.82, 2.24) is 24.3 Å². The Morgan fingerprint density at radius 3 is 2.20 bits per heavy atom. The molecule has 0 amide bonds. The second-order valence-electron chi connectivity index (χ2n) is 13.4. The van der Waals surface area contributed by atoms with Crippen molar-refractivity contribution in [3.63, 3.8) is 0 Å². The van der Waals surface area contributed by atoms with Crippen LogP contribution >= 0.6 is 0 Å². The summed E-state index contributed by atoms with van der Waals surface area (Å²) in [5.41, 5.74) is 6.47. The zero-order valence-electron chi connectivity index (χ0n) is 29.5. The lowest BCUT2D eigenvalue weighted by Crippen LogP contribution is -2.18. The summed E-state index contributed by atoms with van der Waals surface area (Å²) >= 11 is 0. The number of carbonyl (C=O) groups is 1. The number of imidazole rings is 1. The van der Waals surface area contributed by atoms with Gasteiger partial charge in [0.2, 0.25) is 0 Å². The molecule has 2 N–H and O–H groups in total. The fourth-order valence-electron chi connectivity index (χ4n) is 6.25. The summed E-state index contributed by atoms with van der Waals surface area (Å²) in [4.78, 5) is 22.6. The summed E-state index contributed by atoms with van der Waals surface area (Å²) in [6.07, 6.45) is 5.08. The number of nitrogens with two attached hydrogens (primary N) is 1. The van der Waals surface area contributed by atoms with Gasteiger partial charge in [0.25, 0.3) is 0 Å². The highest BCUT2D eigenvalue weighted by atomic mass is 32.2. The van der Waals surface area contributed by atoms with Crippen molar-refractivity contribution in [3.05, 3.63) is 168 Å². The van der Waals surface area contributed by atoms with Crippen molar-refractivity contribution in [1.29, 1.82) is 5.26 Å². The number of hydrogen-bond acceptors (Lipinski definition) is 8. The molecule has 7 aromatic rings. The molecule has 2 heterocycles. The first-order chi connectivity index (χ1) is 26.0. The molecule has 0 aliphatic heterocycles. The fourth-order valence-corrected chi connectivity index (χ4v) is 6.62. The molecule has 5 aromatic carbocycles. The predicted octanol–water partition coefficient (Wildman–Crippen LogP) is 7.19. The van der Waals surface area contributed by atoms with Crippen molar-refractivity contribution in [3.8, 4) is 45.7 Å². The lowest BCUT2D eigenvalue weighted by molar-refractivity contribution is 0.103. The van der Waals surface area contributed by atoms with Crippen LogP contribution in [0.2, 0.25) is 0 Å². The Balaban J connectivity index is 1.18. The zero-order valence-corrected chi connectivity index (χ0v) is 30.3. The Bertz CT molecular complexity index is 2640. The largest absolute Gasteiger partial charge is 0.380 e. The summed E-state index contributed by atoms with van der Waals surface area (Å²) < 4.78 is 31.6. The quantitative estimate of drug-likeness (QED) is 0.129. The minimum atomic E-state index is -4.15. The zero-order chi connectivity index (χ0) is 37.9. The molecule has 0 aliphatic rings. The normalized spacial score (nSPS) is 11.6. The molecule has 11 nitrogen and oxygen atoms in total. The van der Waals surface area contributed by atoms with Gasteiger partial charge < -0.3 is 8.75 Å². The van der Waals surface area contributed by atoms with Gasteiger partial charge in [-0.1, -0.05) is 84.9 Å². The minimum Gasteiger partial charge on any atom is -0.371 e. The summed E-state index contributed by atoms with van der Waals surface area (Å²) in [7, 11) is -4.15. The van der Waals surface area contributed by atoms with E-state index < -0.39 is 15.7 Å². The van der Waals surface area contributed by atoms with E-state index in [1.807, 2.05) is 110 Å².